The van der Waals surface area contributed by atoms with Gasteiger partial charge in [-0.2, -0.15) is 0 Å². The number of aromatic nitrogens is 3. The number of nitrogens with zero attached hydrogens (tertiary/aromatic N) is 4. The lowest BCUT2D eigenvalue weighted by Crippen LogP contribution is -2.35. The third-order valence-corrected chi connectivity index (χ3v) is 2.99. The third-order valence-electron chi connectivity index (χ3n) is 2.99. The Labute approximate surface area is 123 Å². The van der Waals surface area contributed by atoms with Crippen molar-refractivity contribution in [1.82, 2.24) is 19.9 Å². The summed E-state index contributed by atoms with van der Waals surface area (Å²) >= 11 is 0. The molecule has 0 aliphatic heterocycles. The maximum atomic E-state index is 10.9. The van der Waals surface area contributed by atoms with E-state index in [9.17, 15) is 4.79 Å². The lowest BCUT2D eigenvalue weighted by atomic mass is 10.3. The van der Waals surface area contributed by atoms with Crippen LogP contribution in [-0.2, 0) is 11.3 Å². The molecule has 108 valence electrons. The van der Waals surface area contributed by atoms with Gasteiger partial charge < -0.3 is 5.11 Å². The fraction of sp³-hybridized carbons (Fsp3) is 0.308. The van der Waals surface area contributed by atoms with E-state index in [-0.39, 0.29) is 12.4 Å². The molecule has 7 heteroatoms. The molecule has 0 spiro atoms. The summed E-state index contributed by atoms with van der Waals surface area (Å²) < 4.78 is 1.68. The molecule has 0 radical (unpaired) electrons. The molecule has 6 nitrogen and oxygen atoms in total. The first-order chi connectivity index (χ1) is 9.08. The molecule has 0 fully saturated rings. The fourth-order valence-corrected chi connectivity index (χ4v) is 1.66. The predicted octanol–water partition coefficient (Wildman–Crippen LogP) is 1.59. The van der Waals surface area contributed by atoms with Gasteiger partial charge in [0.1, 0.15) is 6.04 Å². The van der Waals surface area contributed by atoms with Crippen LogP contribution in [0.1, 0.15) is 12.6 Å². The van der Waals surface area contributed by atoms with E-state index in [1.165, 1.54) is 0 Å². The largest absolute Gasteiger partial charge is 0.480 e. The van der Waals surface area contributed by atoms with Crippen molar-refractivity contribution in [1.29, 1.82) is 0 Å². The van der Waals surface area contributed by atoms with Crippen molar-refractivity contribution in [2.24, 2.45) is 0 Å². The van der Waals surface area contributed by atoms with Gasteiger partial charge in [-0.15, -0.1) is 17.5 Å². The zero-order chi connectivity index (χ0) is 13.8. The third kappa shape index (κ3) is 3.79. The van der Waals surface area contributed by atoms with Crippen LogP contribution in [0, 0.1) is 0 Å². The smallest absolute Gasteiger partial charge is 0.320 e. The minimum Gasteiger partial charge on any atom is -0.480 e. The molecular weight excluding hydrogens is 280 g/mol. The van der Waals surface area contributed by atoms with Gasteiger partial charge >= 0.3 is 5.97 Å². The number of rotatable bonds is 5. The van der Waals surface area contributed by atoms with E-state index in [0.717, 1.165) is 11.4 Å². The number of para-hydroxylation sites is 1. The minimum absolute atomic E-state index is 0. The summed E-state index contributed by atoms with van der Waals surface area (Å²) in [6.07, 6.45) is 1.81. The van der Waals surface area contributed by atoms with Crippen LogP contribution in [0.4, 0.5) is 0 Å². The highest BCUT2D eigenvalue weighted by molar-refractivity contribution is 5.85. The summed E-state index contributed by atoms with van der Waals surface area (Å²) in [5.74, 6) is -0.849. The quantitative estimate of drug-likeness (QED) is 0.907. The van der Waals surface area contributed by atoms with E-state index in [2.05, 4.69) is 10.3 Å². The molecule has 1 unspecified atom stereocenters. The normalized spacial score (nSPS) is 11.9. The van der Waals surface area contributed by atoms with E-state index in [4.69, 9.17) is 5.11 Å². The molecule has 0 saturated carbocycles. The zero-order valence-electron chi connectivity index (χ0n) is 11.3. The molecule has 20 heavy (non-hydrogen) atoms. The fourth-order valence-electron chi connectivity index (χ4n) is 1.66. The number of carboxylic acid groups (broad SMARTS) is 1. The van der Waals surface area contributed by atoms with Gasteiger partial charge in [0.2, 0.25) is 0 Å². The minimum atomic E-state index is -0.849. The molecule has 0 bridgehead atoms. The molecule has 1 aromatic carbocycles. The molecule has 0 aliphatic carbocycles. The van der Waals surface area contributed by atoms with Crippen LogP contribution in [0.15, 0.2) is 36.5 Å². The monoisotopic (exact) mass is 296 g/mol. The number of carboxylic acids is 1. The van der Waals surface area contributed by atoms with Crippen LogP contribution in [0.5, 0.6) is 0 Å². The topological polar surface area (TPSA) is 71.2 Å². The summed E-state index contributed by atoms with van der Waals surface area (Å²) in [7, 11) is 1.75. The summed E-state index contributed by atoms with van der Waals surface area (Å²) in [5.41, 5.74) is 1.66. The average Bonchev–Trinajstić information content (AvgIpc) is 2.87. The molecule has 1 aromatic heterocycles. The number of hydrogen-bond donors (Lipinski definition) is 1. The van der Waals surface area contributed by atoms with Crippen LogP contribution in [0.2, 0.25) is 0 Å². The summed E-state index contributed by atoms with van der Waals surface area (Å²) in [5, 5.41) is 17.0. The Balaban J connectivity index is 0.00000200. The Kier molecular flexibility index (Phi) is 5.66. The first-order valence-electron chi connectivity index (χ1n) is 5.97. The van der Waals surface area contributed by atoms with Gasteiger partial charge in [0, 0.05) is 6.54 Å². The molecule has 1 heterocycles. The van der Waals surface area contributed by atoms with E-state index in [1.54, 1.807) is 29.7 Å². The Bertz CT molecular complexity index is 559. The number of carbonyl (C=O) groups is 1. The molecule has 1 N–H and O–H groups in total. The van der Waals surface area contributed by atoms with Crippen LogP contribution in [0.25, 0.3) is 5.69 Å². The van der Waals surface area contributed by atoms with Crippen molar-refractivity contribution < 1.29 is 9.90 Å². The maximum absolute atomic E-state index is 10.9. The Morgan fingerprint density at radius 1 is 1.40 bits per heavy atom. The highest BCUT2D eigenvalue weighted by atomic mass is 35.5. The van der Waals surface area contributed by atoms with Gasteiger partial charge in [0.15, 0.2) is 0 Å². The van der Waals surface area contributed by atoms with Crippen molar-refractivity contribution >= 4 is 18.4 Å². The summed E-state index contributed by atoms with van der Waals surface area (Å²) in [4.78, 5) is 12.6. The Hall–Kier alpha value is -1.92. The Morgan fingerprint density at radius 3 is 2.65 bits per heavy atom. The standard InChI is InChI=1S/C13H16N4O2.ClH/c1-10(13(18)19)16(2)8-11-9-17(15-14-11)12-6-4-3-5-7-12;/h3-7,9-10H,8H2,1-2H3,(H,18,19);1H. The highest BCUT2D eigenvalue weighted by Gasteiger charge is 2.17. The first-order valence-corrected chi connectivity index (χ1v) is 5.97. The SMILES string of the molecule is CC(C(=O)O)N(C)Cc1cn(-c2ccccc2)nn1.Cl. The van der Waals surface area contributed by atoms with Crippen molar-refractivity contribution in [3.05, 3.63) is 42.2 Å². The van der Waals surface area contributed by atoms with Crippen molar-refractivity contribution in [3.8, 4) is 5.69 Å². The summed E-state index contributed by atoms with van der Waals surface area (Å²) in [6, 6.07) is 9.10. The molecular formula is C13H17ClN4O2. The number of likely N-dealkylation sites (N-methyl/N-ethyl adjacent to an activating group) is 1. The van der Waals surface area contributed by atoms with Crippen molar-refractivity contribution in [2.75, 3.05) is 7.05 Å². The van der Waals surface area contributed by atoms with E-state index in [1.807, 2.05) is 30.3 Å². The van der Waals surface area contributed by atoms with Crippen LogP contribution < -0.4 is 0 Å². The Morgan fingerprint density at radius 2 is 2.05 bits per heavy atom. The lowest BCUT2D eigenvalue weighted by Gasteiger charge is -2.19. The highest BCUT2D eigenvalue weighted by Crippen LogP contribution is 2.08. The molecule has 1 atom stereocenters. The zero-order valence-corrected chi connectivity index (χ0v) is 12.1. The number of hydrogen-bond acceptors (Lipinski definition) is 4. The van der Waals surface area contributed by atoms with Gasteiger partial charge in [-0.1, -0.05) is 23.4 Å². The van der Waals surface area contributed by atoms with Gasteiger partial charge in [-0.25, -0.2) is 4.68 Å². The number of halogens is 1. The maximum Gasteiger partial charge on any atom is 0.320 e. The van der Waals surface area contributed by atoms with Gasteiger partial charge in [-0.3, -0.25) is 9.69 Å². The first kappa shape index (κ1) is 16.1. The van der Waals surface area contributed by atoms with E-state index >= 15 is 0 Å². The molecule has 0 aliphatic rings. The van der Waals surface area contributed by atoms with Crippen molar-refractivity contribution in [2.45, 2.75) is 19.5 Å². The van der Waals surface area contributed by atoms with Crippen molar-refractivity contribution in [3.63, 3.8) is 0 Å². The van der Waals surface area contributed by atoms with E-state index < -0.39 is 12.0 Å². The van der Waals surface area contributed by atoms with Gasteiger partial charge in [-0.05, 0) is 26.1 Å². The van der Waals surface area contributed by atoms with Gasteiger partial charge in [0.05, 0.1) is 17.6 Å². The second-order valence-corrected chi connectivity index (χ2v) is 4.42. The number of aliphatic carboxylic acids is 1. The van der Waals surface area contributed by atoms with Gasteiger partial charge in [0.25, 0.3) is 0 Å². The second-order valence-electron chi connectivity index (χ2n) is 4.42. The lowest BCUT2D eigenvalue weighted by molar-refractivity contribution is -0.142. The predicted molar refractivity (Wildman–Crippen MR) is 77.2 cm³/mol. The second kappa shape index (κ2) is 7.02. The van der Waals surface area contributed by atoms with Crippen LogP contribution in [0.3, 0.4) is 0 Å². The molecule has 2 aromatic rings. The number of benzene rings is 1. The molecule has 0 amide bonds. The summed E-state index contributed by atoms with van der Waals surface area (Å²) in [6.45, 7) is 2.09. The molecule has 0 saturated heterocycles. The molecule has 2 rings (SSSR count). The van der Waals surface area contributed by atoms with E-state index in [0.29, 0.717) is 6.54 Å². The average molecular weight is 297 g/mol. The van der Waals surface area contributed by atoms with Crippen LogP contribution in [-0.4, -0.2) is 44.1 Å². The van der Waals surface area contributed by atoms with Crippen LogP contribution >= 0.6 is 12.4 Å².